The molecule has 1 heterocycles. The van der Waals surface area contributed by atoms with Crippen molar-refractivity contribution in [1.29, 1.82) is 0 Å². The molecule has 0 saturated heterocycles. The smallest absolute Gasteiger partial charge is 0.222 e. The molecule has 0 amide bonds. The Hall–Kier alpha value is -0.640. The lowest BCUT2D eigenvalue weighted by Crippen LogP contribution is -2.09. The molecule has 1 aromatic heterocycles. The van der Waals surface area contributed by atoms with Crippen molar-refractivity contribution >= 4 is 21.9 Å². The average molecular weight is 244 g/mol. The lowest BCUT2D eigenvalue weighted by atomic mass is 10.2. The van der Waals surface area contributed by atoms with Gasteiger partial charge in [-0.05, 0) is 18.9 Å². The second-order valence-corrected chi connectivity index (χ2v) is 4.09. The maximum absolute atomic E-state index is 4.06. The maximum Gasteiger partial charge on any atom is 0.222 e. The number of nitrogens with one attached hydrogen (secondary N) is 1. The number of alkyl halides is 1. The number of hydrogen-bond acceptors (Lipinski definition) is 3. The van der Waals surface area contributed by atoms with Gasteiger partial charge in [0, 0.05) is 23.8 Å². The Kier molecular flexibility index (Phi) is 4.75. The highest BCUT2D eigenvalue weighted by atomic mass is 79.9. The normalized spacial score (nSPS) is 12.5. The summed E-state index contributed by atoms with van der Waals surface area (Å²) in [6, 6.07) is 1.81. The fourth-order valence-electron chi connectivity index (χ4n) is 0.935. The third kappa shape index (κ3) is 4.22. The summed E-state index contributed by atoms with van der Waals surface area (Å²) < 4.78 is 0. The van der Waals surface area contributed by atoms with Gasteiger partial charge in [-0.1, -0.05) is 22.9 Å². The van der Waals surface area contributed by atoms with Crippen molar-refractivity contribution in [3.63, 3.8) is 0 Å². The molecule has 0 spiro atoms. The van der Waals surface area contributed by atoms with Crippen LogP contribution >= 0.6 is 15.9 Å². The highest BCUT2D eigenvalue weighted by molar-refractivity contribution is 9.09. The zero-order valence-corrected chi connectivity index (χ0v) is 9.29. The Morgan fingerprint density at radius 2 is 2.15 bits per heavy atom. The summed E-state index contributed by atoms with van der Waals surface area (Å²) in [6.07, 6.45) is 5.72. The van der Waals surface area contributed by atoms with E-state index in [2.05, 4.69) is 38.1 Å². The number of anilines is 1. The van der Waals surface area contributed by atoms with Crippen LogP contribution in [-0.2, 0) is 0 Å². The molecule has 0 aliphatic rings. The summed E-state index contributed by atoms with van der Waals surface area (Å²) in [5.74, 6) is 0.707. The van der Waals surface area contributed by atoms with Crippen molar-refractivity contribution < 1.29 is 0 Å². The summed E-state index contributed by atoms with van der Waals surface area (Å²) in [7, 11) is 0. The van der Waals surface area contributed by atoms with E-state index in [0.29, 0.717) is 10.8 Å². The molecular formula is C9H14BrN3. The Morgan fingerprint density at radius 3 is 2.77 bits per heavy atom. The lowest BCUT2D eigenvalue weighted by Gasteiger charge is -2.07. The Bertz CT molecular complexity index is 228. The number of aromatic nitrogens is 2. The molecule has 0 bridgehead atoms. The number of halogens is 1. The molecule has 0 fully saturated rings. The van der Waals surface area contributed by atoms with Crippen molar-refractivity contribution in [2.75, 3.05) is 11.9 Å². The second-order valence-electron chi connectivity index (χ2n) is 2.79. The third-order valence-electron chi connectivity index (χ3n) is 1.75. The van der Waals surface area contributed by atoms with Crippen LogP contribution in [0.5, 0.6) is 0 Å². The molecule has 13 heavy (non-hydrogen) atoms. The van der Waals surface area contributed by atoms with Gasteiger partial charge in [0.2, 0.25) is 5.95 Å². The quantitative estimate of drug-likeness (QED) is 0.808. The predicted octanol–water partition coefficient (Wildman–Crippen LogP) is 2.45. The first-order valence-electron chi connectivity index (χ1n) is 4.48. The maximum atomic E-state index is 4.06. The van der Waals surface area contributed by atoms with E-state index in [9.17, 15) is 0 Å². The second kappa shape index (κ2) is 5.91. The third-order valence-corrected chi connectivity index (χ3v) is 2.85. The molecule has 1 aromatic rings. The molecule has 1 N–H and O–H groups in total. The van der Waals surface area contributed by atoms with Crippen LogP contribution in [0, 0.1) is 0 Å². The van der Waals surface area contributed by atoms with E-state index in [0.717, 1.165) is 19.4 Å². The molecule has 0 saturated carbocycles. The van der Waals surface area contributed by atoms with Crippen LogP contribution in [0.2, 0.25) is 0 Å². The lowest BCUT2D eigenvalue weighted by molar-refractivity contribution is 0.770. The molecular weight excluding hydrogens is 230 g/mol. The first-order chi connectivity index (χ1) is 6.33. The van der Waals surface area contributed by atoms with Crippen LogP contribution in [0.25, 0.3) is 0 Å². The molecule has 3 nitrogen and oxygen atoms in total. The minimum Gasteiger partial charge on any atom is -0.354 e. The van der Waals surface area contributed by atoms with E-state index in [-0.39, 0.29) is 0 Å². The van der Waals surface area contributed by atoms with Crippen LogP contribution in [0.4, 0.5) is 5.95 Å². The summed E-state index contributed by atoms with van der Waals surface area (Å²) in [5.41, 5.74) is 0. The van der Waals surface area contributed by atoms with E-state index >= 15 is 0 Å². The minimum absolute atomic E-state index is 0.587. The van der Waals surface area contributed by atoms with E-state index in [1.807, 2.05) is 6.07 Å². The van der Waals surface area contributed by atoms with Gasteiger partial charge in [0.15, 0.2) is 0 Å². The van der Waals surface area contributed by atoms with Gasteiger partial charge >= 0.3 is 0 Å². The van der Waals surface area contributed by atoms with Crippen molar-refractivity contribution in [3.8, 4) is 0 Å². The molecule has 0 aliphatic carbocycles. The Labute approximate surface area is 87.1 Å². The van der Waals surface area contributed by atoms with Gasteiger partial charge in [-0.15, -0.1) is 0 Å². The average Bonchev–Trinajstić information content (AvgIpc) is 2.19. The molecule has 0 radical (unpaired) electrons. The Morgan fingerprint density at radius 1 is 1.46 bits per heavy atom. The summed E-state index contributed by atoms with van der Waals surface area (Å²) in [4.78, 5) is 8.71. The van der Waals surface area contributed by atoms with Crippen LogP contribution in [0.3, 0.4) is 0 Å². The fourth-order valence-corrected chi connectivity index (χ4v) is 1.16. The van der Waals surface area contributed by atoms with Crippen LogP contribution in [0.15, 0.2) is 18.5 Å². The standard InChI is InChI=1S/C9H14BrN3/c1-2-8(10)4-7-13-9-11-5-3-6-12-9/h3,5-6,8H,2,4,7H2,1H3,(H,11,12,13). The van der Waals surface area contributed by atoms with Crippen molar-refractivity contribution in [3.05, 3.63) is 18.5 Å². The number of hydrogen-bond donors (Lipinski definition) is 1. The zero-order chi connectivity index (χ0) is 9.52. The van der Waals surface area contributed by atoms with Gasteiger partial charge in [0.1, 0.15) is 0 Å². The topological polar surface area (TPSA) is 37.8 Å². The van der Waals surface area contributed by atoms with E-state index in [4.69, 9.17) is 0 Å². The Balaban J connectivity index is 2.20. The molecule has 1 atom stereocenters. The van der Waals surface area contributed by atoms with Crippen LogP contribution in [0.1, 0.15) is 19.8 Å². The predicted molar refractivity (Wildman–Crippen MR) is 58.1 cm³/mol. The summed E-state index contributed by atoms with van der Waals surface area (Å²) >= 11 is 3.57. The van der Waals surface area contributed by atoms with Crippen molar-refractivity contribution in [2.45, 2.75) is 24.6 Å². The molecule has 72 valence electrons. The molecule has 0 aliphatic heterocycles. The fraction of sp³-hybridized carbons (Fsp3) is 0.556. The highest BCUT2D eigenvalue weighted by Gasteiger charge is 1.99. The molecule has 0 aromatic carbocycles. The van der Waals surface area contributed by atoms with Gasteiger partial charge < -0.3 is 5.32 Å². The van der Waals surface area contributed by atoms with Gasteiger partial charge in [-0.2, -0.15) is 0 Å². The molecule has 1 rings (SSSR count). The van der Waals surface area contributed by atoms with Gasteiger partial charge in [0.25, 0.3) is 0 Å². The van der Waals surface area contributed by atoms with Crippen molar-refractivity contribution in [2.24, 2.45) is 0 Å². The summed E-state index contributed by atoms with van der Waals surface area (Å²) in [5, 5.41) is 3.16. The van der Waals surface area contributed by atoms with Gasteiger partial charge in [0.05, 0.1) is 0 Å². The monoisotopic (exact) mass is 243 g/mol. The van der Waals surface area contributed by atoms with E-state index in [1.54, 1.807) is 12.4 Å². The molecule has 1 unspecified atom stereocenters. The SMILES string of the molecule is CCC(Br)CCNc1ncccn1. The van der Waals surface area contributed by atoms with E-state index < -0.39 is 0 Å². The van der Waals surface area contributed by atoms with Crippen LogP contribution < -0.4 is 5.32 Å². The summed E-state index contributed by atoms with van der Waals surface area (Å²) in [6.45, 7) is 3.08. The highest BCUT2D eigenvalue weighted by Crippen LogP contribution is 2.08. The molecule has 4 heteroatoms. The van der Waals surface area contributed by atoms with Gasteiger partial charge in [-0.3, -0.25) is 0 Å². The number of rotatable bonds is 5. The first-order valence-corrected chi connectivity index (χ1v) is 5.39. The largest absolute Gasteiger partial charge is 0.354 e. The van der Waals surface area contributed by atoms with Crippen molar-refractivity contribution in [1.82, 2.24) is 9.97 Å². The number of nitrogens with zero attached hydrogens (tertiary/aromatic N) is 2. The van der Waals surface area contributed by atoms with Crippen LogP contribution in [-0.4, -0.2) is 21.3 Å². The zero-order valence-electron chi connectivity index (χ0n) is 7.70. The van der Waals surface area contributed by atoms with E-state index in [1.165, 1.54) is 0 Å². The van der Waals surface area contributed by atoms with Gasteiger partial charge in [-0.25, -0.2) is 9.97 Å². The first kappa shape index (κ1) is 10.4. The minimum atomic E-state index is 0.587.